The zero-order valence-corrected chi connectivity index (χ0v) is 15.3. The number of anilines is 1. The Hall–Kier alpha value is -2.86. The zero-order chi connectivity index (χ0) is 18.8. The predicted molar refractivity (Wildman–Crippen MR) is 106 cm³/mol. The van der Waals surface area contributed by atoms with Crippen LogP contribution in [0.2, 0.25) is 0 Å². The summed E-state index contributed by atoms with van der Waals surface area (Å²) < 4.78 is 5.53. The molecule has 2 amide bonds. The van der Waals surface area contributed by atoms with Gasteiger partial charge in [-0.05, 0) is 37.0 Å². The standard InChI is InChI=1S/C20H26N4O2/c1-15-7-6-8-16(2)18(15)23-20(25)24-19(21)22-12-14-26-13-11-17-9-4-3-5-10-17/h3-10H,11-14H2,1-2H3,(H4,21,22,23,24,25). The van der Waals surface area contributed by atoms with E-state index in [0.717, 1.165) is 23.2 Å². The van der Waals surface area contributed by atoms with Crippen molar-refractivity contribution in [2.24, 2.45) is 10.7 Å². The van der Waals surface area contributed by atoms with Crippen LogP contribution in [0, 0.1) is 13.8 Å². The molecule has 0 aromatic heterocycles. The van der Waals surface area contributed by atoms with Crippen molar-refractivity contribution in [3.8, 4) is 0 Å². The van der Waals surface area contributed by atoms with Crippen LogP contribution in [0.4, 0.5) is 10.5 Å². The number of benzene rings is 2. The number of aliphatic imine (C=N–C) groups is 1. The lowest BCUT2D eigenvalue weighted by molar-refractivity contribution is 0.145. The van der Waals surface area contributed by atoms with Gasteiger partial charge in [0.1, 0.15) is 0 Å². The molecule has 0 radical (unpaired) electrons. The van der Waals surface area contributed by atoms with E-state index in [1.807, 2.05) is 50.2 Å². The number of rotatable bonds is 7. The van der Waals surface area contributed by atoms with Crippen molar-refractivity contribution in [1.82, 2.24) is 5.32 Å². The molecule has 2 rings (SSSR count). The summed E-state index contributed by atoms with van der Waals surface area (Å²) in [7, 11) is 0. The largest absolute Gasteiger partial charge is 0.379 e. The maximum Gasteiger partial charge on any atom is 0.326 e. The van der Waals surface area contributed by atoms with Crippen LogP contribution in [0.25, 0.3) is 0 Å². The fraction of sp³-hybridized carbons (Fsp3) is 0.300. The van der Waals surface area contributed by atoms with Gasteiger partial charge in [-0.2, -0.15) is 0 Å². The molecule has 0 heterocycles. The monoisotopic (exact) mass is 354 g/mol. The van der Waals surface area contributed by atoms with Crippen LogP contribution in [0.1, 0.15) is 16.7 Å². The Balaban J connectivity index is 1.67. The Labute approximate surface area is 154 Å². The molecule has 138 valence electrons. The Kier molecular flexibility index (Phi) is 7.64. The topological polar surface area (TPSA) is 88.7 Å². The number of amides is 2. The van der Waals surface area contributed by atoms with Crippen molar-refractivity contribution < 1.29 is 9.53 Å². The highest BCUT2D eigenvalue weighted by Gasteiger charge is 2.07. The van der Waals surface area contributed by atoms with Crippen LogP contribution in [-0.4, -0.2) is 31.7 Å². The highest BCUT2D eigenvalue weighted by Crippen LogP contribution is 2.18. The number of urea groups is 1. The minimum absolute atomic E-state index is 0.0698. The highest BCUT2D eigenvalue weighted by atomic mass is 16.5. The number of aryl methyl sites for hydroxylation is 2. The maximum absolute atomic E-state index is 12.0. The van der Waals surface area contributed by atoms with Gasteiger partial charge in [0.15, 0.2) is 5.96 Å². The number of hydrogen-bond donors (Lipinski definition) is 3. The maximum atomic E-state index is 12.0. The molecule has 0 spiro atoms. The third-order valence-electron chi connectivity index (χ3n) is 3.86. The molecule has 0 aliphatic rings. The predicted octanol–water partition coefficient (Wildman–Crippen LogP) is 3.00. The second kappa shape index (κ2) is 10.2. The van der Waals surface area contributed by atoms with Crippen molar-refractivity contribution in [3.05, 3.63) is 65.2 Å². The minimum atomic E-state index is -0.409. The smallest absolute Gasteiger partial charge is 0.326 e. The molecule has 0 saturated carbocycles. The first-order valence-electron chi connectivity index (χ1n) is 8.62. The molecule has 0 bridgehead atoms. The second-order valence-corrected chi connectivity index (χ2v) is 5.96. The lowest BCUT2D eigenvalue weighted by Crippen LogP contribution is -2.40. The van der Waals surface area contributed by atoms with E-state index in [9.17, 15) is 4.79 Å². The summed E-state index contributed by atoms with van der Waals surface area (Å²) in [6, 6.07) is 15.6. The average Bonchev–Trinajstić information content (AvgIpc) is 2.62. The summed E-state index contributed by atoms with van der Waals surface area (Å²) in [5, 5.41) is 5.32. The van der Waals surface area contributed by atoms with Gasteiger partial charge in [0.25, 0.3) is 0 Å². The van der Waals surface area contributed by atoms with Crippen LogP contribution < -0.4 is 16.4 Å². The van der Waals surface area contributed by atoms with Crippen molar-refractivity contribution in [2.75, 3.05) is 25.1 Å². The molecular weight excluding hydrogens is 328 g/mol. The first-order chi connectivity index (χ1) is 12.6. The number of nitrogens with zero attached hydrogens (tertiary/aromatic N) is 1. The van der Waals surface area contributed by atoms with E-state index in [1.165, 1.54) is 5.56 Å². The van der Waals surface area contributed by atoms with E-state index in [4.69, 9.17) is 10.5 Å². The second-order valence-electron chi connectivity index (χ2n) is 5.96. The summed E-state index contributed by atoms with van der Waals surface area (Å²) in [4.78, 5) is 16.1. The number of ether oxygens (including phenoxy) is 1. The van der Waals surface area contributed by atoms with Crippen LogP contribution in [0.3, 0.4) is 0 Å². The third kappa shape index (κ3) is 6.57. The molecule has 2 aromatic carbocycles. The van der Waals surface area contributed by atoms with Crippen LogP contribution in [-0.2, 0) is 11.2 Å². The van der Waals surface area contributed by atoms with E-state index >= 15 is 0 Å². The number of carbonyl (C=O) groups excluding carboxylic acids is 1. The van der Waals surface area contributed by atoms with Gasteiger partial charge >= 0.3 is 6.03 Å². The van der Waals surface area contributed by atoms with Crippen molar-refractivity contribution in [3.63, 3.8) is 0 Å². The molecule has 26 heavy (non-hydrogen) atoms. The number of guanidine groups is 1. The van der Waals surface area contributed by atoms with Crippen LogP contribution >= 0.6 is 0 Å². The summed E-state index contributed by atoms with van der Waals surface area (Å²) in [6.45, 7) is 5.34. The van der Waals surface area contributed by atoms with E-state index in [1.54, 1.807) is 0 Å². The van der Waals surface area contributed by atoms with E-state index < -0.39 is 6.03 Å². The lowest BCUT2D eigenvalue weighted by atomic mass is 10.1. The Morgan fingerprint density at radius 2 is 1.73 bits per heavy atom. The molecule has 2 aromatic rings. The van der Waals surface area contributed by atoms with E-state index in [-0.39, 0.29) is 5.96 Å². The van der Waals surface area contributed by atoms with Gasteiger partial charge in [-0.15, -0.1) is 0 Å². The normalized spacial score (nSPS) is 11.2. The SMILES string of the molecule is Cc1cccc(C)c1NC(=O)NC(N)=NCCOCCc1ccccc1. The van der Waals surface area contributed by atoms with Crippen LogP contribution in [0.5, 0.6) is 0 Å². The van der Waals surface area contributed by atoms with Gasteiger partial charge in [-0.1, -0.05) is 48.5 Å². The van der Waals surface area contributed by atoms with Gasteiger partial charge in [-0.25, -0.2) is 4.79 Å². The number of hydrogen-bond acceptors (Lipinski definition) is 3. The third-order valence-corrected chi connectivity index (χ3v) is 3.86. The molecule has 4 N–H and O–H groups in total. The first-order valence-corrected chi connectivity index (χ1v) is 8.62. The van der Waals surface area contributed by atoms with Crippen molar-refractivity contribution in [2.45, 2.75) is 20.3 Å². The van der Waals surface area contributed by atoms with Gasteiger partial charge in [-0.3, -0.25) is 10.3 Å². The van der Waals surface area contributed by atoms with Crippen molar-refractivity contribution in [1.29, 1.82) is 0 Å². The Morgan fingerprint density at radius 1 is 1.04 bits per heavy atom. The summed E-state index contributed by atoms with van der Waals surface area (Å²) in [6.07, 6.45) is 0.858. The Bertz CT molecular complexity index is 724. The van der Waals surface area contributed by atoms with E-state index in [2.05, 4.69) is 27.8 Å². The van der Waals surface area contributed by atoms with Crippen LogP contribution in [0.15, 0.2) is 53.5 Å². The van der Waals surface area contributed by atoms with Gasteiger partial charge in [0.05, 0.1) is 19.8 Å². The lowest BCUT2D eigenvalue weighted by Gasteiger charge is -2.12. The first kappa shape index (κ1) is 19.5. The summed E-state index contributed by atoms with van der Waals surface area (Å²) in [5.41, 5.74) is 9.73. The molecule has 0 aliphatic heterocycles. The van der Waals surface area contributed by atoms with Gasteiger partial charge < -0.3 is 15.8 Å². The molecule has 0 atom stereocenters. The molecular formula is C20H26N4O2. The quantitative estimate of drug-likeness (QED) is 0.406. The molecule has 6 nitrogen and oxygen atoms in total. The number of carbonyl (C=O) groups is 1. The fourth-order valence-corrected chi connectivity index (χ4v) is 2.48. The summed E-state index contributed by atoms with van der Waals surface area (Å²) in [5.74, 6) is 0.0698. The molecule has 0 unspecified atom stereocenters. The number of nitrogens with one attached hydrogen (secondary N) is 2. The van der Waals surface area contributed by atoms with E-state index in [0.29, 0.717) is 19.8 Å². The molecule has 0 saturated heterocycles. The molecule has 0 fully saturated rings. The van der Waals surface area contributed by atoms with Gasteiger partial charge in [0, 0.05) is 5.69 Å². The van der Waals surface area contributed by atoms with Crippen molar-refractivity contribution >= 4 is 17.7 Å². The molecule has 0 aliphatic carbocycles. The summed E-state index contributed by atoms with van der Waals surface area (Å²) >= 11 is 0. The Morgan fingerprint density at radius 3 is 2.42 bits per heavy atom. The minimum Gasteiger partial charge on any atom is -0.379 e. The molecule has 6 heteroatoms. The van der Waals surface area contributed by atoms with Gasteiger partial charge in [0.2, 0.25) is 0 Å². The fourth-order valence-electron chi connectivity index (χ4n) is 2.48. The number of nitrogens with two attached hydrogens (primary N) is 1. The average molecular weight is 354 g/mol. The zero-order valence-electron chi connectivity index (χ0n) is 15.3. The highest BCUT2D eigenvalue weighted by molar-refractivity contribution is 6.02. The number of para-hydroxylation sites is 1.